The van der Waals surface area contributed by atoms with E-state index < -0.39 is 40.3 Å². The van der Waals surface area contributed by atoms with E-state index in [9.17, 15) is 22.8 Å². The third kappa shape index (κ3) is 4.68. The smallest absolute Gasteiger partial charge is 0.280 e. The Morgan fingerprint density at radius 2 is 1.65 bits per heavy atom. The molecule has 2 N–H and O–H groups in total. The van der Waals surface area contributed by atoms with E-state index in [4.69, 9.17) is 0 Å². The Hall–Kier alpha value is -2.68. The number of carbonyl (C=O) groups is 1. The lowest BCUT2D eigenvalue weighted by Gasteiger charge is -2.38. The van der Waals surface area contributed by atoms with Crippen molar-refractivity contribution in [2.45, 2.75) is 108 Å². The molecule has 5 rings (SSSR count). The molecular formula is C29H40N4O5SSi. The summed E-state index contributed by atoms with van der Waals surface area (Å²) >= 11 is 0. The molecule has 0 spiro atoms. The highest BCUT2D eigenvalue weighted by Gasteiger charge is 2.74. The number of nitrogens with one attached hydrogen (secondary N) is 2. The van der Waals surface area contributed by atoms with Crippen LogP contribution >= 0.6 is 0 Å². The second-order valence-electron chi connectivity index (χ2n) is 13.3. The zero-order valence-corrected chi connectivity index (χ0v) is 26.2. The van der Waals surface area contributed by atoms with E-state index >= 15 is 0 Å². The van der Waals surface area contributed by atoms with Crippen molar-refractivity contribution in [2.24, 2.45) is 11.3 Å². The third-order valence-corrected chi connectivity index (χ3v) is 17.5. The summed E-state index contributed by atoms with van der Waals surface area (Å²) in [5.41, 5.74) is 5.25. The SMILES string of the molecule is CC(C)[Si](C#CCn1c(=O)n(NC(=O)C23CC2C3)c(=O)c2cc(S(=O)(=O)NC3(C)CC3)ccc21)(C(C)C)C(C)C. The number of aromatic nitrogens is 2. The van der Waals surface area contributed by atoms with Crippen LogP contribution in [0.15, 0.2) is 32.7 Å². The number of rotatable bonds is 9. The van der Waals surface area contributed by atoms with E-state index in [0.29, 0.717) is 22.5 Å². The number of nitrogens with zero attached hydrogens (tertiary/aromatic N) is 2. The summed E-state index contributed by atoms with van der Waals surface area (Å²) < 4.78 is 31.0. The second-order valence-corrected chi connectivity index (χ2v) is 20.5. The van der Waals surface area contributed by atoms with Gasteiger partial charge in [0.15, 0.2) is 0 Å². The molecule has 0 aliphatic heterocycles. The van der Waals surface area contributed by atoms with Crippen LogP contribution in [0.3, 0.4) is 0 Å². The molecule has 3 fully saturated rings. The zero-order chi connectivity index (χ0) is 29.4. The van der Waals surface area contributed by atoms with Crippen molar-refractivity contribution in [1.82, 2.24) is 14.0 Å². The van der Waals surface area contributed by atoms with Crippen molar-refractivity contribution in [1.29, 1.82) is 0 Å². The molecule has 3 saturated carbocycles. The van der Waals surface area contributed by atoms with E-state index in [2.05, 4.69) is 63.2 Å². The number of hydrogen-bond acceptors (Lipinski definition) is 5. The van der Waals surface area contributed by atoms with Gasteiger partial charge in [-0.1, -0.05) is 47.5 Å². The van der Waals surface area contributed by atoms with E-state index in [-0.39, 0.29) is 28.3 Å². The summed E-state index contributed by atoms with van der Waals surface area (Å²) in [5.74, 6) is 3.25. The molecule has 40 heavy (non-hydrogen) atoms. The average Bonchev–Trinajstić information content (AvgIpc) is 3.77. The molecule has 3 aliphatic carbocycles. The number of benzene rings is 1. The molecule has 0 saturated heterocycles. The van der Waals surface area contributed by atoms with Gasteiger partial charge in [-0.3, -0.25) is 19.6 Å². The van der Waals surface area contributed by atoms with Gasteiger partial charge in [0.1, 0.15) is 8.07 Å². The Kier molecular flexibility index (Phi) is 6.80. The van der Waals surface area contributed by atoms with Crippen molar-refractivity contribution >= 4 is 34.9 Å². The highest BCUT2D eigenvalue weighted by molar-refractivity contribution is 7.89. The predicted octanol–water partition coefficient (Wildman–Crippen LogP) is 3.70. The highest BCUT2D eigenvalue weighted by atomic mass is 32.2. The maximum Gasteiger partial charge on any atom is 0.351 e. The summed E-state index contributed by atoms with van der Waals surface area (Å²) in [6, 6.07) is 4.20. The van der Waals surface area contributed by atoms with Gasteiger partial charge >= 0.3 is 5.69 Å². The van der Waals surface area contributed by atoms with Gasteiger partial charge in [0.25, 0.3) is 5.56 Å². The maximum absolute atomic E-state index is 13.7. The lowest BCUT2D eigenvalue weighted by molar-refractivity contribution is -0.120. The Morgan fingerprint density at radius 3 is 2.15 bits per heavy atom. The fraction of sp³-hybridized carbons (Fsp3) is 0.621. The predicted molar refractivity (Wildman–Crippen MR) is 159 cm³/mol. The first-order valence-corrected chi connectivity index (χ1v) is 17.9. The van der Waals surface area contributed by atoms with Crippen molar-refractivity contribution < 1.29 is 13.2 Å². The fourth-order valence-corrected chi connectivity index (χ4v) is 13.2. The monoisotopic (exact) mass is 584 g/mol. The van der Waals surface area contributed by atoms with Gasteiger partial charge in [-0.25, -0.2) is 17.9 Å². The Balaban J connectivity index is 1.63. The summed E-state index contributed by atoms with van der Waals surface area (Å²) in [4.78, 5) is 40.1. The minimum Gasteiger partial charge on any atom is -0.280 e. The molecule has 0 bridgehead atoms. The minimum atomic E-state index is -3.89. The topological polar surface area (TPSA) is 119 Å². The summed E-state index contributed by atoms with van der Waals surface area (Å²) in [6.07, 6.45) is 3.01. The van der Waals surface area contributed by atoms with Crippen LogP contribution in [-0.2, 0) is 21.4 Å². The summed E-state index contributed by atoms with van der Waals surface area (Å²) in [6.45, 7) is 15.1. The van der Waals surface area contributed by atoms with Crippen LogP contribution < -0.4 is 21.4 Å². The third-order valence-electron chi connectivity index (χ3n) is 9.56. The van der Waals surface area contributed by atoms with Crippen molar-refractivity contribution in [3.8, 4) is 11.5 Å². The van der Waals surface area contributed by atoms with E-state index in [1.165, 1.54) is 22.8 Å². The van der Waals surface area contributed by atoms with E-state index in [0.717, 1.165) is 30.4 Å². The van der Waals surface area contributed by atoms with E-state index in [1.807, 2.05) is 6.92 Å². The molecule has 1 amide bonds. The molecule has 1 aromatic heterocycles. The van der Waals surface area contributed by atoms with Crippen LogP contribution in [0.1, 0.15) is 74.1 Å². The summed E-state index contributed by atoms with van der Waals surface area (Å²) in [5, 5.41) is 0.0336. The van der Waals surface area contributed by atoms with Gasteiger partial charge in [-0.15, -0.1) is 5.54 Å². The highest BCUT2D eigenvalue weighted by Crippen LogP contribution is 2.75. The Morgan fingerprint density at radius 1 is 1.07 bits per heavy atom. The minimum absolute atomic E-state index is 0.0164. The first-order chi connectivity index (χ1) is 18.6. The van der Waals surface area contributed by atoms with Crippen molar-refractivity contribution in [3.63, 3.8) is 0 Å². The number of amides is 1. The molecule has 2 aromatic rings. The van der Waals surface area contributed by atoms with Crippen LogP contribution in [0.25, 0.3) is 10.9 Å². The number of fused-ring (bicyclic) bond motifs is 2. The molecule has 1 heterocycles. The molecular weight excluding hydrogens is 544 g/mol. The van der Waals surface area contributed by atoms with Crippen LogP contribution in [0.4, 0.5) is 0 Å². The van der Waals surface area contributed by atoms with Crippen LogP contribution in [0.2, 0.25) is 16.6 Å². The quantitative estimate of drug-likeness (QED) is 0.344. The van der Waals surface area contributed by atoms with Gasteiger partial charge in [0.2, 0.25) is 15.9 Å². The molecule has 0 atom stereocenters. The maximum atomic E-state index is 13.7. The standard InChI is InChI=1S/C29H40N4O5SSi/c1-18(2)40(19(3)4,20(5)6)14-8-13-32-24-10-9-22(39(37,38)31-28(7)11-12-28)15-23(24)25(34)33(27(32)36)30-26(35)29-16-21(29)17-29/h9-10,15,18-21,31H,11-13,16-17H2,1-7H3,(H,30,35). The average molecular weight is 585 g/mol. The first-order valence-electron chi connectivity index (χ1n) is 14.2. The second kappa shape index (κ2) is 9.43. The van der Waals surface area contributed by atoms with Crippen molar-refractivity contribution in [3.05, 3.63) is 39.0 Å². The zero-order valence-electron chi connectivity index (χ0n) is 24.4. The molecule has 0 radical (unpaired) electrons. The van der Waals surface area contributed by atoms with Gasteiger partial charge < -0.3 is 0 Å². The van der Waals surface area contributed by atoms with Crippen LogP contribution in [0, 0.1) is 22.8 Å². The van der Waals surface area contributed by atoms with Crippen LogP contribution in [-0.4, -0.2) is 37.2 Å². The van der Waals surface area contributed by atoms with Gasteiger partial charge in [0.05, 0.1) is 27.8 Å². The Labute approximate surface area is 236 Å². The lowest BCUT2D eigenvalue weighted by atomic mass is 10.2. The normalized spacial score (nSPS) is 22.7. The fourth-order valence-electron chi connectivity index (χ4n) is 6.43. The van der Waals surface area contributed by atoms with Gasteiger partial charge in [0, 0.05) is 5.54 Å². The van der Waals surface area contributed by atoms with E-state index in [1.54, 1.807) is 0 Å². The lowest BCUT2D eigenvalue weighted by Crippen LogP contribution is -2.48. The largest absolute Gasteiger partial charge is 0.351 e. The molecule has 11 heteroatoms. The Bertz CT molecular complexity index is 1660. The molecule has 9 nitrogen and oxygen atoms in total. The number of hydrogen-bond donors (Lipinski definition) is 2. The number of sulfonamides is 1. The summed E-state index contributed by atoms with van der Waals surface area (Å²) in [7, 11) is -5.97. The van der Waals surface area contributed by atoms with Crippen molar-refractivity contribution in [2.75, 3.05) is 5.43 Å². The van der Waals surface area contributed by atoms with Gasteiger partial charge in [-0.2, -0.15) is 4.68 Å². The van der Waals surface area contributed by atoms with Gasteiger partial charge in [-0.05, 0) is 73.3 Å². The molecule has 216 valence electrons. The first kappa shape index (κ1) is 28.8. The number of carbonyl (C=O) groups excluding carboxylic acids is 1. The van der Waals surface area contributed by atoms with Crippen LogP contribution in [0.5, 0.6) is 0 Å². The molecule has 0 unspecified atom stereocenters. The molecule has 3 aliphatic rings. The molecule has 1 aromatic carbocycles.